The average molecular weight is 288 g/mol. The molecule has 0 radical (unpaired) electrons. The Morgan fingerprint density at radius 1 is 1.10 bits per heavy atom. The molecule has 1 aromatic carbocycles. The van der Waals surface area contributed by atoms with Gasteiger partial charge in [-0.3, -0.25) is 0 Å². The second-order valence-corrected chi connectivity index (χ2v) is 4.70. The van der Waals surface area contributed by atoms with E-state index in [1.165, 1.54) is 11.6 Å². The number of esters is 1. The van der Waals surface area contributed by atoms with Gasteiger partial charge in [-0.25, -0.2) is 4.79 Å². The van der Waals surface area contributed by atoms with Crippen LogP contribution in [0.5, 0.6) is 5.75 Å². The van der Waals surface area contributed by atoms with Crippen LogP contribution in [0, 0.1) is 0 Å². The minimum Gasteiger partial charge on any atom is -0.494 e. The molecule has 0 atom stereocenters. The third kappa shape index (κ3) is 7.98. The number of benzene rings is 1. The van der Waals surface area contributed by atoms with Gasteiger partial charge in [0.15, 0.2) is 0 Å². The normalized spacial score (nSPS) is 10.5. The van der Waals surface area contributed by atoms with E-state index in [-0.39, 0.29) is 5.97 Å². The fourth-order valence-electron chi connectivity index (χ4n) is 1.85. The Hall–Kier alpha value is -2.03. The number of carbonyl (C=O) groups is 1. The van der Waals surface area contributed by atoms with E-state index in [1.54, 1.807) is 0 Å². The molecule has 0 fully saturated rings. The van der Waals surface area contributed by atoms with Crippen LogP contribution in [0.1, 0.15) is 38.2 Å². The molecule has 0 spiro atoms. The van der Waals surface area contributed by atoms with E-state index >= 15 is 0 Å². The zero-order valence-corrected chi connectivity index (χ0v) is 12.7. The van der Waals surface area contributed by atoms with E-state index in [1.807, 2.05) is 37.3 Å². The highest BCUT2D eigenvalue weighted by molar-refractivity contribution is 5.81. The molecule has 1 aromatic rings. The number of rotatable bonds is 10. The van der Waals surface area contributed by atoms with Crippen molar-refractivity contribution in [2.75, 3.05) is 13.2 Å². The highest BCUT2D eigenvalue weighted by Gasteiger charge is 1.97. The van der Waals surface area contributed by atoms with E-state index in [2.05, 4.69) is 12.7 Å². The SMILES string of the molecule is C=CC(=O)OCCCCCCOc1ccc(/C=C/C)cc1. The van der Waals surface area contributed by atoms with Gasteiger partial charge in [0.2, 0.25) is 0 Å². The van der Waals surface area contributed by atoms with Crippen LogP contribution in [0.25, 0.3) is 6.08 Å². The van der Waals surface area contributed by atoms with Crippen LogP contribution in [0.4, 0.5) is 0 Å². The van der Waals surface area contributed by atoms with Gasteiger partial charge in [0.05, 0.1) is 13.2 Å². The van der Waals surface area contributed by atoms with Gasteiger partial charge in [0.25, 0.3) is 0 Å². The molecule has 0 aliphatic carbocycles. The summed E-state index contributed by atoms with van der Waals surface area (Å²) in [5.74, 6) is 0.558. The molecule has 0 aliphatic rings. The van der Waals surface area contributed by atoms with Crippen LogP contribution in [0.3, 0.4) is 0 Å². The molecule has 0 unspecified atom stereocenters. The van der Waals surface area contributed by atoms with Crippen molar-refractivity contribution < 1.29 is 14.3 Å². The van der Waals surface area contributed by atoms with Gasteiger partial charge in [0, 0.05) is 6.08 Å². The second-order valence-electron chi connectivity index (χ2n) is 4.70. The maximum atomic E-state index is 10.8. The van der Waals surface area contributed by atoms with Gasteiger partial charge in [-0.05, 0) is 50.3 Å². The van der Waals surface area contributed by atoms with Gasteiger partial charge in [-0.1, -0.05) is 30.9 Å². The summed E-state index contributed by atoms with van der Waals surface area (Å²) in [6.07, 6.45) is 9.26. The van der Waals surface area contributed by atoms with Crippen molar-refractivity contribution in [1.29, 1.82) is 0 Å². The summed E-state index contributed by atoms with van der Waals surface area (Å²) in [6.45, 7) is 6.54. The predicted octanol–water partition coefficient (Wildman–Crippen LogP) is 4.39. The molecule has 3 nitrogen and oxygen atoms in total. The van der Waals surface area contributed by atoms with Crippen molar-refractivity contribution in [2.45, 2.75) is 32.6 Å². The average Bonchev–Trinajstić information content (AvgIpc) is 2.51. The van der Waals surface area contributed by atoms with Crippen molar-refractivity contribution >= 4 is 12.0 Å². The summed E-state index contributed by atoms with van der Waals surface area (Å²) in [5.41, 5.74) is 1.18. The van der Waals surface area contributed by atoms with Crippen LogP contribution in [0.15, 0.2) is 43.0 Å². The first-order chi connectivity index (χ1) is 10.3. The summed E-state index contributed by atoms with van der Waals surface area (Å²) >= 11 is 0. The quantitative estimate of drug-likeness (QED) is 0.364. The maximum absolute atomic E-state index is 10.8. The molecule has 0 aliphatic heterocycles. The van der Waals surface area contributed by atoms with E-state index < -0.39 is 0 Å². The Morgan fingerprint density at radius 3 is 2.38 bits per heavy atom. The van der Waals surface area contributed by atoms with Gasteiger partial charge < -0.3 is 9.47 Å². The van der Waals surface area contributed by atoms with Crippen molar-refractivity contribution in [1.82, 2.24) is 0 Å². The van der Waals surface area contributed by atoms with Crippen LogP contribution in [0.2, 0.25) is 0 Å². The van der Waals surface area contributed by atoms with Gasteiger partial charge in [-0.15, -0.1) is 0 Å². The van der Waals surface area contributed by atoms with Crippen LogP contribution in [-0.2, 0) is 9.53 Å². The first-order valence-corrected chi connectivity index (χ1v) is 7.41. The molecule has 0 bridgehead atoms. The van der Waals surface area contributed by atoms with Gasteiger partial charge in [0.1, 0.15) is 5.75 Å². The molecular weight excluding hydrogens is 264 g/mol. The number of unbranched alkanes of at least 4 members (excludes halogenated alkanes) is 3. The molecule has 0 N–H and O–H groups in total. The number of hydrogen-bond acceptors (Lipinski definition) is 3. The first kappa shape index (κ1) is 17.0. The van der Waals surface area contributed by atoms with Crippen molar-refractivity contribution in [3.05, 3.63) is 48.6 Å². The molecule has 0 heterocycles. The van der Waals surface area contributed by atoms with Crippen molar-refractivity contribution in [3.8, 4) is 5.75 Å². The Kier molecular flexibility index (Phi) is 8.69. The van der Waals surface area contributed by atoms with E-state index in [0.717, 1.165) is 38.0 Å². The molecule has 1 rings (SSSR count). The number of ether oxygens (including phenoxy) is 2. The number of allylic oxidation sites excluding steroid dienone is 1. The molecule has 0 saturated carbocycles. The van der Waals surface area contributed by atoms with Crippen LogP contribution in [-0.4, -0.2) is 19.2 Å². The lowest BCUT2D eigenvalue weighted by atomic mass is 10.2. The topological polar surface area (TPSA) is 35.5 Å². The lowest BCUT2D eigenvalue weighted by Crippen LogP contribution is -2.02. The summed E-state index contributed by atoms with van der Waals surface area (Å²) in [4.78, 5) is 10.8. The molecule has 21 heavy (non-hydrogen) atoms. The highest BCUT2D eigenvalue weighted by atomic mass is 16.5. The van der Waals surface area contributed by atoms with Crippen LogP contribution < -0.4 is 4.74 Å². The highest BCUT2D eigenvalue weighted by Crippen LogP contribution is 2.14. The van der Waals surface area contributed by atoms with Crippen molar-refractivity contribution in [3.63, 3.8) is 0 Å². The molecule has 0 amide bonds. The first-order valence-electron chi connectivity index (χ1n) is 7.41. The summed E-state index contributed by atoms with van der Waals surface area (Å²) in [7, 11) is 0. The Bertz CT molecular complexity index is 446. The Balaban J connectivity index is 2.03. The number of carbonyl (C=O) groups excluding carboxylic acids is 1. The van der Waals surface area contributed by atoms with E-state index in [0.29, 0.717) is 6.61 Å². The molecule has 3 heteroatoms. The molecule has 0 aromatic heterocycles. The summed E-state index contributed by atoms with van der Waals surface area (Å²) < 4.78 is 10.6. The predicted molar refractivity (Wildman–Crippen MR) is 86.3 cm³/mol. The van der Waals surface area contributed by atoms with E-state index in [4.69, 9.17) is 9.47 Å². The third-order valence-electron chi connectivity index (χ3n) is 2.96. The monoisotopic (exact) mass is 288 g/mol. The van der Waals surface area contributed by atoms with Gasteiger partial charge in [-0.2, -0.15) is 0 Å². The lowest BCUT2D eigenvalue weighted by molar-refractivity contribution is -0.137. The van der Waals surface area contributed by atoms with Gasteiger partial charge >= 0.3 is 5.97 Å². The minimum atomic E-state index is -0.348. The van der Waals surface area contributed by atoms with Crippen LogP contribution >= 0.6 is 0 Å². The Labute approximate surface area is 127 Å². The van der Waals surface area contributed by atoms with E-state index in [9.17, 15) is 4.79 Å². The second kappa shape index (κ2) is 10.7. The smallest absolute Gasteiger partial charge is 0.330 e. The zero-order chi connectivity index (χ0) is 15.3. The zero-order valence-electron chi connectivity index (χ0n) is 12.7. The minimum absolute atomic E-state index is 0.348. The lowest BCUT2D eigenvalue weighted by Gasteiger charge is -2.06. The maximum Gasteiger partial charge on any atom is 0.330 e. The fraction of sp³-hybridized carbons (Fsp3) is 0.389. The third-order valence-corrected chi connectivity index (χ3v) is 2.96. The molecule has 0 saturated heterocycles. The van der Waals surface area contributed by atoms with Crippen molar-refractivity contribution in [2.24, 2.45) is 0 Å². The largest absolute Gasteiger partial charge is 0.494 e. The molecular formula is C18H24O3. The summed E-state index contributed by atoms with van der Waals surface area (Å²) in [6, 6.07) is 8.07. The fourth-order valence-corrected chi connectivity index (χ4v) is 1.85. The standard InChI is InChI=1S/C18H24O3/c1-3-9-16-10-12-17(13-11-16)20-14-7-5-6-8-15-21-18(19)4-2/h3-4,9-13H,2,5-8,14-15H2,1H3/b9-3+. The summed E-state index contributed by atoms with van der Waals surface area (Å²) in [5, 5.41) is 0. The Morgan fingerprint density at radius 2 is 1.76 bits per heavy atom. The molecule has 114 valence electrons. The number of hydrogen-bond donors (Lipinski definition) is 0.